The Kier molecular flexibility index (Phi) is 0.498. The van der Waals surface area contributed by atoms with E-state index in [1.807, 2.05) is 0 Å². The molecule has 0 amide bonds. The minimum atomic E-state index is 0.769. The molecule has 8 heavy (non-hydrogen) atoms. The van der Waals surface area contributed by atoms with Crippen molar-refractivity contribution in [1.29, 1.82) is 0 Å². The lowest BCUT2D eigenvalue weighted by atomic mass is 10.4. The molecule has 0 spiro atoms. The molecule has 4 heteroatoms. The van der Waals surface area contributed by atoms with Crippen LogP contribution in [-0.2, 0) is 0 Å². The zero-order valence-electron chi connectivity index (χ0n) is 3.96. The molecule has 0 aromatic carbocycles. The Labute approximate surface area is 44.8 Å². The van der Waals surface area contributed by atoms with E-state index >= 15 is 0 Å². The van der Waals surface area contributed by atoms with E-state index in [1.54, 1.807) is 12.4 Å². The van der Waals surface area contributed by atoms with Crippen LogP contribution >= 0.6 is 0 Å². The number of rotatable bonds is 0. The van der Waals surface area contributed by atoms with E-state index in [0.717, 1.165) is 11.4 Å². The molecule has 2 aliphatic rings. The molecule has 2 rings (SSSR count). The molecule has 0 aliphatic carbocycles. The Morgan fingerprint density at radius 3 is 3.38 bits per heavy atom. The van der Waals surface area contributed by atoms with Crippen LogP contribution in [0.5, 0.6) is 0 Å². The maximum absolute atomic E-state index is 4.49. The van der Waals surface area contributed by atoms with Gasteiger partial charge in [-0.05, 0) is 0 Å². The van der Waals surface area contributed by atoms with Crippen molar-refractivity contribution < 1.29 is 4.63 Å². The molecule has 40 valence electrons. The fourth-order valence-corrected chi connectivity index (χ4v) is 0.591. The van der Waals surface area contributed by atoms with E-state index < -0.39 is 0 Å². The topological polar surface area (TPSA) is 54.7 Å². The first-order valence-corrected chi connectivity index (χ1v) is 2.20. The van der Waals surface area contributed by atoms with Crippen LogP contribution in [0.3, 0.4) is 0 Å². The molecule has 0 bridgehead atoms. The predicted octanol–water partition coefficient (Wildman–Crippen LogP) is 0.502. The standard InChI is InChI=1S/C4H3N3O/c1-3-4(2-5-1)7-8-6-3/h1-2,6H. The number of hydrogen-bond donors (Lipinski definition) is 1. The van der Waals surface area contributed by atoms with Gasteiger partial charge in [-0.2, -0.15) is 5.16 Å². The van der Waals surface area contributed by atoms with Gasteiger partial charge in [0, 0.05) is 0 Å². The van der Waals surface area contributed by atoms with Gasteiger partial charge in [0.05, 0.1) is 12.4 Å². The Morgan fingerprint density at radius 1 is 1.50 bits per heavy atom. The van der Waals surface area contributed by atoms with E-state index in [1.165, 1.54) is 0 Å². The van der Waals surface area contributed by atoms with Crippen LogP contribution in [0.15, 0.2) is 17.0 Å². The molecule has 1 N–H and O–H groups in total. The second-order valence-electron chi connectivity index (χ2n) is 1.49. The summed E-state index contributed by atoms with van der Waals surface area (Å²) in [5.74, 6) is 0. The summed E-state index contributed by atoms with van der Waals surface area (Å²) in [6, 6.07) is 0. The molecular weight excluding hydrogens is 106 g/mol. The Balaban J connectivity index is 2.84. The fourth-order valence-electron chi connectivity index (χ4n) is 0.591. The van der Waals surface area contributed by atoms with Gasteiger partial charge < -0.3 is 0 Å². The van der Waals surface area contributed by atoms with Gasteiger partial charge in [0.25, 0.3) is 0 Å². The molecule has 2 aliphatic heterocycles. The summed E-state index contributed by atoms with van der Waals surface area (Å²) >= 11 is 0. The minimum absolute atomic E-state index is 0.769. The summed E-state index contributed by atoms with van der Waals surface area (Å²) in [5.41, 5.74) is 1.61. The van der Waals surface area contributed by atoms with Gasteiger partial charge in [-0.25, -0.2) is 0 Å². The molecule has 0 unspecified atom stereocenters. The van der Waals surface area contributed by atoms with Crippen molar-refractivity contribution in [2.75, 3.05) is 0 Å². The van der Waals surface area contributed by atoms with Crippen molar-refractivity contribution in [1.82, 2.24) is 15.3 Å². The van der Waals surface area contributed by atoms with Crippen molar-refractivity contribution in [3.8, 4) is 11.4 Å². The first-order chi connectivity index (χ1) is 3.97. The number of aromatic nitrogens is 3. The molecule has 0 atom stereocenters. The highest BCUT2D eigenvalue weighted by molar-refractivity contribution is 5.51. The van der Waals surface area contributed by atoms with Gasteiger partial charge >= 0.3 is 0 Å². The average molecular weight is 109 g/mol. The second-order valence-corrected chi connectivity index (χ2v) is 1.49. The Morgan fingerprint density at radius 2 is 2.50 bits per heavy atom. The van der Waals surface area contributed by atoms with Gasteiger partial charge in [0.15, 0.2) is 5.69 Å². The molecule has 2 heterocycles. The van der Waals surface area contributed by atoms with Gasteiger partial charge in [-0.3, -0.25) is 9.61 Å². The van der Waals surface area contributed by atoms with Crippen LogP contribution < -0.4 is 0 Å². The summed E-state index contributed by atoms with van der Waals surface area (Å²) in [7, 11) is 0. The van der Waals surface area contributed by atoms with E-state index in [0.29, 0.717) is 0 Å². The monoisotopic (exact) mass is 109 g/mol. The lowest BCUT2D eigenvalue weighted by Crippen LogP contribution is -1.62. The number of fused-ring (bicyclic) bond motifs is 1. The highest BCUT2D eigenvalue weighted by Crippen LogP contribution is 2.12. The third-order valence-corrected chi connectivity index (χ3v) is 0.976. The number of hydrogen-bond acceptors (Lipinski definition) is 3. The molecular formula is C4H3N3O. The zero-order chi connectivity index (χ0) is 5.40. The minimum Gasteiger partial charge on any atom is -0.270 e. The van der Waals surface area contributed by atoms with Gasteiger partial charge in [-0.15, -0.1) is 0 Å². The Hall–Kier alpha value is -1.32. The summed E-state index contributed by atoms with van der Waals surface area (Å²) in [4.78, 5) is 3.81. The number of H-pyrrole nitrogens is 1. The van der Waals surface area contributed by atoms with Crippen molar-refractivity contribution in [2.45, 2.75) is 0 Å². The summed E-state index contributed by atoms with van der Waals surface area (Å²) < 4.78 is 4.49. The van der Waals surface area contributed by atoms with Crippen LogP contribution in [0.25, 0.3) is 11.4 Å². The van der Waals surface area contributed by atoms with Crippen molar-refractivity contribution >= 4 is 0 Å². The highest BCUT2D eigenvalue weighted by Gasteiger charge is 2.04. The van der Waals surface area contributed by atoms with Crippen LogP contribution in [0, 0.1) is 0 Å². The zero-order valence-corrected chi connectivity index (χ0v) is 3.96. The van der Waals surface area contributed by atoms with E-state index in [9.17, 15) is 0 Å². The van der Waals surface area contributed by atoms with Gasteiger partial charge in [0.2, 0.25) is 0 Å². The SMILES string of the molecule is c1ncc2[nH]onc1-2. The molecule has 0 aromatic heterocycles. The smallest absolute Gasteiger partial charge is 0.152 e. The molecule has 0 radical (unpaired) electrons. The van der Waals surface area contributed by atoms with Crippen LogP contribution in [0.4, 0.5) is 0 Å². The Bertz CT molecular complexity index is 203. The summed E-state index contributed by atoms with van der Waals surface area (Å²) in [6.07, 6.45) is 3.29. The van der Waals surface area contributed by atoms with Crippen LogP contribution in [0.1, 0.15) is 0 Å². The van der Waals surface area contributed by atoms with E-state index in [4.69, 9.17) is 0 Å². The maximum atomic E-state index is 4.49. The second kappa shape index (κ2) is 1.09. The van der Waals surface area contributed by atoms with Gasteiger partial charge in [0.1, 0.15) is 5.69 Å². The highest BCUT2D eigenvalue weighted by atomic mass is 16.6. The third-order valence-electron chi connectivity index (χ3n) is 0.976. The largest absolute Gasteiger partial charge is 0.270 e. The normalized spacial score (nSPS) is 10.5. The van der Waals surface area contributed by atoms with Crippen LogP contribution in [0.2, 0.25) is 0 Å². The molecule has 0 saturated carbocycles. The summed E-state index contributed by atoms with van der Waals surface area (Å²) in [5, 5.41) is 6.14. The first kappa shape index (κ1) is 3.65. The van der Waals surface area contributed by atoms with Gasteiger partial charge in [-0.1, -0.05) is 5.16 Å². The van der Waals surface area contributed by atoms with Crippen molar-refractivity contribution in [3.05, 3.63) is 12.4 Å². The van der Waals surface area contributed by atoms with Crippen molar-refractivity contribution in [2.24, 2.45) is 0 Å². The van der Waals surface area contributed by atoms with Crippen LogP contribution in [-0.4, -0.2) is 15.3 Å². The molecule has 0 fully saturated rings. The lowest BCUT2D eigenvalue weighted by Gasteiger charge is -1.68. The number of aromatic amines is 1. The summed E-state index contributed by atoms with van der Waals surface area (Å²) in [6.45, 7) is 0. The average Bonchev–Trinajstić information content (AvgIpc) is 2.15. The van der Waals surface area contributed by atoms with E-state index in [-0.39, 0.29) is 0 Å². The fraction of sp³-hybridized carbons (Fsp3) is 0. The maximum Gasteiger partial charge on any atom is 0.152 e. The number of nitrogens with one attached hydrogen (secondary N) is 1. The quantitative estimate of drug-likeness (QED) is 0.536. The number of nitrogens with zero attached hydrogens (tertiary/aromatic N) is 2. The predicted molar refractivity (Wildman–Crippen MR) is 25.3 cm³/mol. The van der Waals surface area contributed by atoms with E-state index in [2.05, 4.69) is 19.9 Å². The first-order valence-electron chi connectivity index (χ1n) is 2.20. The van der Waals surface area contributed by atoms with Crippen molar-refractivity contribution in [3.63, 3.8) is 0 Å². The molecule has 4 nitrogen and oxygen atoms in total. The molecule has 0 saturated heterocycles. The molecule has 0 aromatic rings. The lowest BCUT2D eigenvalue weighted by molar-refractivity contribution is 0.312. The third kappa shape index (κ3) is 0.294.